The van der Waals surface area contributed by atoms with Gasteiger partial charge in [0, 0.05) is 11.3 Å². The fraction of sp³-hybridized carbons (Fsp3) is 0.304. The molecule has 2 aliphatic rings. The summed E-state index contributed by atoms with van der Waals surface area (Å²) in [5.41, 5.74) is 3.60. The lowest BCUT2D eigenvalue weighted by Gasteiger charge is -2.32. The second kappa shape index (κ2) is 7.74. The number of allylic oxidation sites excluding steroid dienone is 1. The van der Waals surface area contributed by atoms with E-state index in [1.54, 1.807) is 18.2 Å². The third-order valence-corrected chi connectivity index (χ3v) is 5.76. The third kappa shape index (κ3) is 3.26. The highest BCUT2D eigenvalue weighted by molar-refractivity contribution is 6.11. The van der Waals surface area contributed by atoms with Crippen molar-refractivity contribution >= 4 is 23.1 Å². The summed E-state index contributed by atoms with van der Waals surface area (Å²) in [6, 6.07) is 12.2. The lowest BCUT2D eigenvalue weighted by molar-refractivity contribution is -0.151. The average molecular weight is 408 g/mol. The molecule has 0 amide bonds. The summed E-state index contributed by atoms with van der Waals surface area (Å²) in [7, 11) is 2.77. The Labute approximate surface area is 174 Å². The van der Waals surface area contributed by atoms with E-state index in [-0.39, 0.29) is 17.5 Å². The van der Waals surface area contributed by atoms with Crippen molar-refractivity contribution < 1.29 is 24.2 Å². The third-order valence-electron chi connectivity index (χ3n) is 5.76. The normalized spacial score (nSPS) is 22.8. The second-order valence-electron chi connectivity index (χ2n) is 7.62. The molecule has 2 aromatic rings. The Morgan fingerprint density at radius 3 is 2.53 bits per heavy atom. The molecule has 30 heavy (non-hydrogen) atoms. The van der Waals surface area contributed by atoms with E-state index < -0.39 is 17.9 Å². The van der Waals surface area contributed by atoms with Crippen LogP contribution in [0.3, 0.4) is 0 Å². The molecular formula is C23H24N2O5. The van der Waals surface area contributed by atoms with Gasteiger partial charge in [0.2, 0.25) is 0 Å². The van der Waals surface area contributed by atoms with Crippen molar-refractivity contribution in [1.82, 2.24) is 0 Å². The Kier molecular flexibility index (Phi) is 5.11. The Morgan fingerprint density at radius 1 is 1.13 bits per heavy atom. The summed E-state index contributed by atoms with van der Waals surface area (Å²) in [6.45, 7) is 1.88. The molecule has 3 atom stereocenters. The number of para-hydroxylation sites is 2. The number of Topliss-reactive ketones (excluding diaryl/α,β-unsaturated/α-hetero) is 1. The molecule has 0 saturated carbocycles. The second-order valence-corrected chi connectivity index (χ2v) is 7.62. The highest BCUT2D eigenvalue weighted by Crippen LogP contribution is 2.44. The first kappa shape index (κ1) is 19.8. The lowest BCUT2D eigenvalue weighted by atomic mass is 9.75. The van der Waals surface area contributed by atoms with Gasteiger partial charge in [0.15, 0.2) is 17.3 Å². The van der Waals surface area contributed by atoms with Crippen LogP contribution in [0.15, 0.2) is 53.7 Å². The number of esters is 1. The SMILES string of the molecule is COC(=O)[C@@H]1C(=O)C2=C(C[C@@H]1C)Nc1ccccc1N[C@@H]2c1ccc(OC)c(O)c1. The van der Waals surface area contributed by atoms with Crippen molar-refractivity contribution in [1.29, 1.82) is 0 Å². The van der Waals surface area contributed by atoms with Gasteiger partial charge in [-0.2, -0.15) is 0 Å². The summed E-state index contributed by atoms with van der Waals surface area (Å²) in [6.07, 6.45) is 0.523. The number of rotatable bonds is 3. The van der Waals surface area contributed by atoms with Gasteiger partial charge in [-0.15, -0.1) is 0 Å². The van der Waals surface area contributed by atoms with E-state index in [9.17, 15) is 14.7 Å². The molecule has 0 radical (unpaired) electrons. The molecule has 0 bridgehead atoms. The van der Waals surface area contributed by atoms with E-state index in [0.29, 0.717) is 23.3 Å². The molecule has 4 rings (SSSR count). The smallest absolute Gasteiger partial charge is 0.316 e. The van der Waals surface area contributed by atoms with E-state index >= 15 is 0 Å². The number of anilines is 2. The first-order valence-corrected chi connectivity index (χ1v) is 9.79. The van der Waals surface area contributed by atoms with E-state index in [1.807, 2.05) is 31.2 Å². The summed E-state index contributed by atoms with van der Waals surface area (Å²) in [5.74, 6) is -1.55. The standard InChI is InChI=1S/C23H24N2O5/c1-12-10-16-20(22(27)19(12)23(28)30-3)21(13-8-9-18(29-2)17(26)11-13)25-15-7-5-4-6-14(15)24-16/h4-9,11-12,19,21,24-26H,10H2,1-3H3/t12-,19-,21+/m0/s1. The van der Waals surface area contributed by atoms with Crippen molar-refractivity contribution in [3.05, 3.63) is 59.3 Å². The Bertz CT molecular complexity index is 1050. The summed E-state index contributed by atoms with van der Waals surface area (Å²) < 4.78 is 10.1. The molecule has 3 N–H and O–H groups in total. The fourth-order valence-corrected chi connectivity index (χ4v) is 4.27. The van der Waals surface area contributed by atoms with Crippen LogP contribution in [-0.4, -0.2) is 31.1 Å². The van der Waals surface area contributed by atoms with Gasteiger partial charge in [0.1, 0.15) is 5.92 Å². The van der Waals surface area contributed by atoms with E-state index in [1.165, 1.54) is 14.2 Å². The van der Waals surface area contributed by atoms with Crippen molar-refractivity contribution in [2.75, 3.05) is 24.9 Å². The molecule has 1 aliphatic heterocycles. The van der Waals surface area contributed by atoms with Crippen LogP contribution >= 0.6 is 0 Å². The van der Waals surface area contributed by atoms with Gasteiger partial charge in [-0.3, -0.25) is 9.59 Å². The first-order valence-electron chi connectivity index (χ1n) is 9.79. The Hall–Kier alpha value is -3.48. The monoisotopic (exact) mass is 408 g/mol. The van der Waals surface area contributed by atoms with Gasteiger partial charge in [-0.1, -0.05) is 25.1 Å². The predicted octanol–water partition coefficient (Wildman–Crippen LogP) is 3.63. The Balaban J connectivity index is 1.87. The molecule has 156 valence electrons. The fourth-order valence-electron chi connectivity index (χ4n) is 4.27. The van der Waals surface area contributed by atoms with Crippen LogP contribution in [0, 0.1) is 11.8 Å². The van der Waals surface area contributed by atoms with Crippen LogP contribution in [0.5, 0.6) is 11.5 Å². The maximum Gasteiger partial charge on any atom is 0.316 e. The number of phenolic OH excluding ortho intramolecular Hbond substituents is 1. The number of hydrogen-bond acceptors (Lipinski definition) is 7. The van der Waals surface area contributed by atoms with Crippen molar-refractivity contribution in [2.24, 2.45) is 11.8 Å². The van der Waals surface area contributed by atoms with Gasteiger partial charge in [-0.05, 0) is 42.2 Å². The van der Waals surface area contributed by atoms with Crippen LogP contribution in [0.2, 0.25) is 0 Å². The van der Waals surface area contributed by atoms with E-state index in [2.05, 4.69) is 10.6 Å². The number of carbonyl (C=O) groups excluding carboxylic acids is 2. The number of benzene rings is 2. The minimum absolute atomic E-state index is 0.0226. The minimum Gasteiger partial charge on any atom is -0.504 e. The Morgan fingerprint density at radius 2 is 1.87 bits per heavy atom. The molecule has 7 heteroatoms. The number of ketones is 1. The number of methoxy groups -OCH3 is 2. The maximum absolute atomic E-state index is 13.5. The van der Waals surface area contributed by atoms with Gasteiger partial charge in [0.25, 0.3) is 0 Å². The summed E-state index contributed by atoms with van der Waals surface area (Å²) >= 11 is 0. The van der Waals surface area contributed by atoms with Crippen molar-refractivity contribution in [3.8, 4) is 11.5 Å². The zero-order valence-corrected chi connectivity index (χ0v) is 17.1. The minimum atomic E-state index is -0.868. The molecular weight excluding hydrogens is 384 g/mol. The molecule has 0 unspecified atom stereocenters. The number of carbonyl (C=O) groups is 2. The van der Waals surface area contributed by atoms with Gasteiger partial charge >= 0.3 is 5.97 Å². The molecule has 0 aromatic heterocycles. The number of nitrogens with one attached hydrogen (secondary N) is 2. The topological polar surface area (TPSA) is 96.9 Å². The van der Waals surface area contributed by atoms with Crippen LogP contribution in [0.1, 0.15) is 24.9 Å². The molecule has 1 heterocycles. The van der Waals surface area contributed by atoms with Crippen molar-refractivity contribution in [3.63, 3.8) is 0 Å². The summed E-state index contributed by atoms with van der Waals surface area (Å²) in [4.78, 5) is 25.9. The number of ether oxygens (including phenoxy) is 2. The van der Waals surface area contributed by atoms with Gasteiger partial charge in [-0.25, -0.2) is 0 Å². The zero-order chi connectivity index (χ0) is 21.4. The van der Waals surface area contributed by atoms with E-state index in [4.69, 9.17) is 9.47 Å². The van der Waals surface area contributed by atoms with Crippen molar-refractivity contribution in [2.45, 2.75) is 19.4 Å². The molecule has 0 fully saturated rings. The quantitative estimate of drug-likeness (QED) is 0.527. The van der Waals surface area contributed by atoms with Crippen LogP contribution < -0.4 is 15.4 Å². The summed E-state index contributed by atoms with van der Waals surface area (Å²) in [5, 5.41) is 17.1. The average Bonchev–Trinajstić information content (AvgIpc) is 2.90. The maximum atomic E-state index is 13.5. The molecule has 7 nitrogen and oxygen atoms in total. The first-order chi connectivity index (χ1) is 14.4. The zero-order valence-electron chi connectivity index (χ0n) is 17.1. The number of phenols is 1. The van der Waals surface area contributed by atoms with E-state index in [0.717, 1.165) is 17.1 Å². The number of hydrogen-bond donors (Lipinski definition) is 3. The lowest BCUT2D eigenvalue weighted by Crippen LogP contribution is -2.39. The van der Waals surface area contributed by atoms with Crippen LogP contribution in [0.25, 0.3) is 0 Å². The molecule has 0 spiro atoms. The van der Waals surface area contributed by atoms with Crippen LogP contribution in [0.4, 0.5) is 11.4 Å². The number of fused-ring (bicyclic) bond motifs is 1. The van der Waals surface area contributed by atoms with Gasteiger partial charge < -0.3 is 25.2 Å². The predicted molar refractivity (Wildman–Crippen MR) is 112 cm³/mol. The molecule has 2 aromatic carbocycles. The molecule has 1 aliphatic carbocycles. The highest BCUT2D eigenvalue weighted by atomic mass is 16.5. The van der Waals surface area contributed by atoms with Gasteiger partial charge in [0.05, 0.1) is 31.6 Å². The van der Waals surface area contributed by atoms with Crippen LogP contribution in [-0.2, 0) is 14.3 Å². The largest absolute Gasteiger partial charge is 0.504 e. The molecule has 0 saturated heterocycles. The number of aromatic hydroxyl groups is 1. The highest BCUT2D eigenvalue weighted by Gasteiger charge is 2.44.